The highest BCUT2D eigenvalue weighted by molar-refractivity contribution is 5.46. The van der Waals surface area contributed by atoms with Crippen molar-refractivity contribution in [2.45, 2.75) is 46.6 Å². The Kier molecular flexibility index (Phi) is 5.11. The van der Waals surface area contributed by atoms with Crippen molar-refractivity contribution in [2.75, 3.05) is 23.7 Å². The molecule has 1 rings (SSSR count). The summed E-state index contributed by atoms with van der Waals surface area (Å²) < 4.78 is 0. The first kappa shape index (κ1) is 15.7. The predicted octanol–water partition coefficient (Wildman–Crippen LogP) is 2.47. The molecule has 1 aromatic heterocycles. The van der Waals surface area contributed by atoms with E-state index in [-0.39, 0.29) is 5.54 Å². The Bertz CT molecular complexity index is 390. The number of hydrogen-bond acceptors (Lipinski definition) is 5. The van der Waals surface area contributed by atoms with Crippen LogP contribution >= 0.6 is 0 Å². The van der Waals surface area contributed by atoms with E-state index < -0.39 is 0 Å². The molecule has 0 aliphatic carbocycles. The van der Waals surface area contributed by atoms with Crippen molar-refractivity contribution < 1.29 is 0 Å². The van der Waals surface area contributed by atoms with E-state index in [4.69, 9.17) is 5.73 Å². The van der Waals surface area contributed by atoms with Gasteiger partial charge in [0.1, 0.15) is 18.0 Å². The summed E-state index contributed by atoms with van der Waals surface area (Å²) in [5.74, 6) is 1.64. The molecule has 0 atom stereocenters. The molecular formula is C14H27N5. The first-order chi connectivity index (χ1) is 8.66. The molecule has 0 aromatic carbocycles. The fourth-order valence-electron chi connectivity index (χ4n) is 1.43. The number of hydrogen-bond donors (Lipinski definition) is 3. The van der Waals surface area contributed by atoms with Gasteiger partial charge in [-0.25, -0.2) is 9.97 Å². The Hall–Kier alpha value is -1.36. The number of anilines is 2. The summed E-state index contributed by atoms with van der Waals surface area (Å²) in [4.78, 5) is 8.39. The van der Waals surface area contributed by atoms with Crippen molar-refractivity contribution in [3.8, 4) is 0 Å². The third-order valence-electron chi connectivity index (χ3n) is 2.57. The normalized spacial score (nSPS) is 12.3. The van der Waals surface area contributed by atoms with Crippen LogP contribution in [0.2, 0.25) is 0 Å². The molecule has 0 saturated heterocycles. The lowest BCUT2D eigenvalue weighted by atomic mass is 9.92. The highest BCUT2D eigenvalue weighted by atomic mass is 15.1. The van der Waals surface area contributed by atoms with Crippen LogP contribution in [0, 0.1) is 5.41 Å². The van der Waals surface area contributed by atoms with Gasteiger partial charge in [-0.2, -0.15) is 0 Å². The summed E-state index contributed by atoms with van der Waals surface area (Å²) in [5.41, 5.74) is 5.99. The van der Waals surface area contributed by atoms with Crippen LogP contribution in [-0.4, -0.2) is 28.6 Å². The lowest BCUT2D eigenvalue weighted by molar-refractivity contribution is 0.389. The smallest absolute Gasteiger partial charge is 0.131 e. The Morgan fingerprint density at radius 2 is 1.63 bits per heavy atom. The quantitative estimate of drug-likeness (QED) is 0.736. The number of nitrogens with one attached hydrogen (secondary N) is 2. The molecule has 0 unspecified atom stereocenters. The number of nitrogens with zero attached hydrogens (tertiary/aromatic N) is 2. The predicted molar refractivity (Wildman–Crippen MR) is 81.3 cm³/mol. The van der Waals surface area contributed by atoms with Crippen molar-refractivity contribution in [1.82, 2.24) is 9.97 Å². The van der Waals surface area contributed by atoms with Crippen LogP contribution in [0.25, 0.3) is 0 Å². The van der Waals surface area contributed by atoms with E-state index in [1.54, 1.807) is 6.33 Å². The molecule has 0 spiro atoms. The molecule has 0 saturated carbocycles. The molecule has 5 heteroatoms. The standard InChI is InChI=1S/C14H27N5/c1-13(2,3)6-7-16-11-8-12(19-10-18-11)17-9-14(4,5)15/h8,10H,6-7,9,15H2,1-5H3,(H2,16,17,18,19). The minimum atomic E-state index is -0.259. The van der Waals surface area contributed by atoms with Crippen molar-refractivity contribution in [3.63, 3.8) is 0 Å². The maximum absolute atomic E-state index is 5.93. The molecule has 0 bridgehead atoms. The Balaban J connectivity index is 2.48. The molecular weight excluding hydrogens is 238 g/mol. The average Bonchev–Trinajstić information content (AvgIpc) is 2.24. The summed E-state index contributed by atoms with van der Waals surface area (Å²) in [6, 6.07) is 1.91. The maximum atomic E-state index is 5.93. The van der Waals surface area contributed by atoms with Crippen molar-refractivity contribution >= 4 is 11.6 Å². The topological polar surface area (TPSA) is 75.9 Å². The van der Waals surface area contributed by atoms with Gasteiger partial charge in [-0.3, -0.25) is 0 Å². The summed E-state index contributed by atoms with van der Waals surface area (Å²) in [6.45, 7) is 12.2. The van der Waals surface area contributed by atoms with Crippen LogP contribution < -0.4 is 16.4 Å². The molecule has 108 valence electrons. The van der Waals surface area contributed by atoms with Gasteiger partial charge in [-0.1, -0.05) is 20.8 Å². The molecule has 0 radical (unpaired) electrons. The zero-order valence-electron chi connectivity index (χ0n) is 12.7. The van der Waals surface area contributed by atoms with E-state index in [0.29, 0.717) is 12.0 Å². The third-order valence-corrected chi connectivity index (χ3v) is 2.57. The first-order valence-electron chi connectivity index (χ1n) is 6.74. The zero-order chi connectivity index (χ0) is 14.5. The van der Waals surface area contributed by atoms with Gasteiger partial charge in [0.25, 0.3) is 0 Å². The fraction of sp³-hybridized carbons (Fsp3) is 0.714. The maximum Gasteiger partial charge on any atom is 0.131 e. The average molecular weight is 265 g/mol. The van der Waals surface area contributed by atoms with Gasteiger partial charge < -0.3 is 16.4 Å². The van der Waals surface area contributed by atoms with Crippen LogP contribution in [0.1, 0.15) is 41.0 Å². The molecule has 0 amide bonds. The van der Waals surface area contributed by atoms with Gasteiger partial charge >= 0.3 is 0 Å². The van der Waals surface area contributed by atoms with Crippen LogP contribution in [0.5, 0.6) is 0 Å². The Morgan fingerprint density at radius 3 is 2.16 bits per heavy atom. The van der Waals surface area contributed by atoms with Gasteiger partial charge in [0.2, 0.25) is 0 Å². The summed E-state index contributed by atoms with van der Waals surface area (Å²) >= 11 is 0. The second kappa shape index (κ2) is 6.19. The third kappa shape index (κ3) is 7.62. The van der Waals surface area contributed by atoms with Gasteiger partial charge in [-0.15, -0.1) is 0 Å². The van der Waals surface area contributed by atoms with Crippen LogP contribution in [0.3, 0.4) is 0 Å². The van der Waals surface area contributed by atoms with E-state index in [2.05, 4.69) is 41.4 Å². The van der Waals surface area contributed by atoms with Crippen molar-refractivity contribution in [3.05, 3.63) is 12.4 Å². The molecule has 1 heterocycles. The second-order valence-corrected chi connectivity index (χ2v) is 6.87. The summed E-state index contributed by atoms with van der Waals surface area (Å²) in [5, 5.41) is 6.53. The molecule has 0 fully saturated rings. The van der Waals surface area contributed by atoms with E-state index in [9.17, 15) is 0 Å². The van der Waals surface area contributed by atoms with E-state index in [1.807, 2.05) is 19.9 Å². The van der Waals surface area contributed by atoms with E-state index in [0.717, 1.165) is 24.6 Å². The lowest BCUT2D eigenvalue weighted by Crippen LogP contribution is -2.39. The first-order valence-corrected chi connectivity index (χ1v) is 6.74. The van der Waals surface area contributed by atoms with Crippen LogP contribution in [-0.2, 0) is 0 Å². The van der Waals surface area contributed by atoms with E-state index in [1.165, 1.54) is 0 Å². The second-order valence-electron chi connectivity index (χ2n) is 6.87. The van der Waals surface area contributed by atoms with Crippen molar-refractivity contribution in [1.29, 1.82) is 0 Å². The van der Waals surface area contributed by atoms with Gasteiger partial charge in [-0.05, 0) is 25.7 Å². The van der Waals surface area contributed by atoms with Crippen LogP contribution in [0.4, 0.5) is 11.6 Å². The highest BCUT2D eigenvalue weighted by Gasteiger charge is 2.11. The molecule has 1 aromatic rings. The fourth-order valence-corrected chi connectivity index (χ4v) is 1.43. The SMILES string of the molecule is CC(C)(C)CCNc1cc(NCC(C)(C)N)ncn1. The molecule has 0 aliphatic heterocycles. The number of nitrogens with two attached hydrogens (primary N) is 1. The lowest BCUT2D eigenvalue weighted by Gasteiger charge is -2.20. The highest BCUT2D eigenvalue weighted by Crippen LogP contribution is 2.18. The molecule has 4 N–H and O–H groups in total. The Morgan fingerprint density at radius 1 is 1.05 bits per heavy atom. The number of rotatable bonds is 6. The molecule has 0 aliphatic rings. The zero-order valence-corrected chi connectivity index (χ0v) is 12.7. The van der Waals surface area contributed by atoms with Gasteiger partial charge in [0.15, 0.2) is 0 Å². The summed E-state index contributed by atoms with van der Waals surface area (Å²) in [7, 11) is 0. The van der Waals surface area contributed by atoms with E-state index >= 15 is 0 Å². The summed E-state index contributed by atoms with van der Waals surface area (Å²) in [6.07, 6.45) is 2.65. The Labute approximate surface area is 116 Å². The number of aromatic nitrogens is 2. The minimum absolute atomic E-state index is 0.259. The van der Waals surface area contributed by atoms with Crippen molar-refractivity contribution in [2.24, 2.45) is 11.1 Å². The van der Waals surface area contributed by atoms with Gasteiger partial charge in [0.05, 0.1) is 0 Å². The largest absolute Gasteiger partial charge is 0.370 e. The minimum Gasteiger partial charge on any atom is -0.370 e. The molecule has 19 heavy (non-hydrogen) atoms. The monoisotopic (exact) mass is 265 g/mol. The molecule has 5 nitrogen and oxygen atoms in total. The van der Waals surface area contributed by atoms with Gasteiger partial charge in [0, 0.05) is 24.7 Å². The van der Waals surface area contributed by atoms with Crippen LogP contribution in [0.15, 0.2) is 12.4 Å².